The van der Waals surface area contributed by atoms with E-state index in [0.717, 1.165) is 5.56 Å². The quantitative estimate of drug-likeness (QED) is 0.126. The number of aromatic nitrogens is 2. The summed E-state index contributed by atoms with van der Waals surface area (Å²) >= 11 is 0. The minimum absolute atomic E-state index is 0.0826. The summed E-state index contributed by atoms with van der Waals surface area (Å²) in [5.74, 6) is 1.10. The Kier molecular flexibility index (Phi) is 17.4. The van der Waals surface area contributed by atoms with Crippen molar-refractivity contribution < 1.29 is 47.0 Å². The van der Waals surface area contributed by atoms with Crippen LogP contribution in [0.25, 0.3) is 22.4 Å². The van der Waals surface area contributed by atoms with Crippen molar-refractivity contribution in [2.45, 2.75) is 19.8 Å². The molecule has 0 aliphatic rings. The highest BCUT2D eigenvalue weighted by atomic mass is 16.6. The second kappa shape index (κ2) is 21.5. The molecule has 0 fully saturated rings. The average Bonchev–Trinajstić information content (AvgIpc) is 3.04. The van der Waals surface area contributed by atoms with Gasteiger partial charge >= 0.3 is 5.63 Å². The van der Waals surface area contributed by atoms with Crippen LogP contribution in [0.5, 0.6) is 11.6 Å². The number of ether oxygens (including phenoxy) is 9. The highest BCUT2D eigenvalue weighted by Crippen LogP contribution is 2.31. The number of fused-ring (bicyclic) bond motifs is 1. The minimum atomic E-state index is -0.476. The van der Waals surface area contributed by atoms with Crippen LogP contribution in [0.2, 0.25) is 0 Å². The van der Waals surface area contributed by atoms with Crippen molar-refractivity contribution in [3.05, 3.63) is 46.4 Å². The van der Waals surface area contributed by atoms with Crippen LogP contribution in [0, 0.1) is 0 Å². The SMILES string of the molecule is COCCOCCOCCOCCOCCOCCOCCOc1ncccc1-c1nc2cc(OC)cc(C(C)C)c2c(=O)o1. The first-order chi connectivity index (χ1) is 22.0. The molecule has 0 saturated carbocycles. The second-order valence-corrected chi connectivity index (χ2v) is 9.94. The predicted molar refractivity (Wildman–Crippen MR) is 166 cm³/mol. The van der Waals surface area contributed by atoms with Gasteiger partial charge in [0.05, 0.1) is 109 Å². The number of methoxy groups -OCH3 is 2. The first kappa shape index (κ1) is 36.3. The molecule has 3 rings (SSSR count). The molecule has 0 amide bonds. The molecule has 0 unspecified atom stereocenters. The number of hydrogen-bond donors (Lipinski definition) is 0. The monoisotopic (exact) mass is 634 g/mol. The Bertz CT molecular complexity index is 1300. The van der Waals surface area contributed by atoms with Gasteiger partial charge in [-0.15, -0.1) is 0 Å². The fraction of sp³-hybridized carbons (Fsp3) is 0.594. The van der Waals surface area contributed by atoms with E-state index in [9.17, 15) is 4.79 Å². The van der Waals surface area contributed by atoms with Gasteiger partial charge in [0.1, 0.15) is 12.4 Å². The maximum absolute atomic E-state index is 13.0. The predicted octanol–water partition coefficient (Wildman–Crippen LogP) is 3.51. The van der Waals surface area contributed by atoms with Crippen LogP contribution in [0.4, 0.5) is 0 Å². The Morgan fingerprint density at radius 1 is 0.733 bits per heavy atom. The number of benzene rings is 1. The smallest absolute Gasteiger partial charge is 0.347 e. The van der Waals surface area contributed by atoms with Gasteiger partial charge in [0.15, 0.2) is 0 Å². The third-order valence-electron chi connectivity index (χ3n) is 6.35. The van der Waals surface area contributed by atoms with Crippen molar-refractivity contribution in [2.24, 2.45) is 0 Å². The van der Waals surface area contributed by atoms with E-state index in [1.54, 1.807) is 38.6 Å². The molecule has 0 atom stereocenters. The molecular formula is C32H46N2O11. The van der Waals surface area contributed by atoms with Crippen molar-refractivity contribution in [3.63, 3.8) is 0 Å². The Labute approximate surface area is 264 Å². The summed E-state index contributed by atoms with van der Waals surface area (Å²) < 4.78 is 54.6. The largest absolute Gasteiger partial charge is 0.497 e. The Morgan fingerprint density at radius 3 is 1.78 bits per heavy atom. The standard InChI is InChI=1S/C32H46N2O11/c1-24(2)27-22-25(37-4)23-28-29(27)32(35)45-31(34-28)26-6-5-7-33-30(26)44-21-20-43-19-18-42-17-16-41-15-14-40-13-12-39-11-10-38-9-8-36-3/h5-7,22-24H,8-21H2,1-4H3. The highest BCUT2D eigenvalue weighted by Gasteiger charge is 2.18. The zero-order valence-electron chi connectivity index (χ0n) is 26.7. The molecule has 0 bridgehead atoms. The Hall–Kier alpha value is -3.17. The average molecular weight is 635 g/mol. The first-order valence-corrected chi connectivity index (χ1v) is 15.1. The van der Waals surface area contributed by atoms with E-state index >= 15 is 0 Å². The lowest BCUT2D eigenvalue weighted by molar-refractivity contribution is -0.0199. The van der Waals surface area contributed by atoms with Gasteiger partial charge < -0.3 is 47.0 Å². The molecule has 13 heteroatoms. The van der Waals surface area contributed by atoms with E-state index < -0.39 is 5.63 Å². The topological polar surface area (TPSA) is 139 Å². The van der Waals surface area contributed by atoms with Crippen LogP contribution in [0.15, 0.2) is 39.7 Å². The number of hydrogen-bond acceptors (Lipinski definition) is 13. The summed E-state index contributed by atoms with van der Waals surface area (Å²) in [6.07, 6.45) is 1.60. The van der Waals surface area contributed by atoms with Gasteiger partial charge in [0.2, 0.25) is 11.8 Å². The molecule has 250 valence electrons. The number of rotatable bonds is 25. The molecule has 2 aromatic heterocycles. The van der Waals surface area contributed by atoms with Crippen molar-refractivity contribution >= 4 is 10.9 Å². The van der Waals surface area contributed by atoms with E-state index in [-0.39, 0.29) is 24.3 Å². The second-order valence-electron chi connectivity index (χ2n) is 9.94. The highest BCUT2D eigenvalue weighted by molar-refractivity contribution is 5.84. The van der Waals surface area contributed by atoms with Crippen molar-refractivity contribution in [3.8, 4) is 23.1 Å². The maximum atomic E-state index is 13.0. The summed E-state index contributed by atoms with van der Waals surface area (Å²) in [7, 11) is 3.22. The van der Waals surface area contributed by atoms with E-state index in [1.807, 2.05) is 19.9 Å². The molecule has 0 N–H and O–H groups in total. The van der Waals surface area contributed by atoms with Gasteiger partial charge in [-0.3, -0.25) is 0 Å². The van der Waals surface area contributed by atoms with Gasteiger partial charge in [0, 0.05) is 19.4 Å². The lowest BCUT2D eigenvalue weighted by Crippen LogP contribution is -2.15. The molecule has 2 heterocycles. The third-order valence-corrected chi connectivity index (χ3v) is 6.35. The molecule has 0 radical (unpaired) electrons. The van der Waals surface area contributed by atoms with Gasteiger partial charge in [-0.1, -0.05) is 13.8 Å². The van der Waals surface area contributed by atoms with Crippen LogP contribution >= 0.6 is 0 Å². The van der Waals surface area contributed by atoms with Crippen molar-refractivity contribution in [2.75, 3.05) is 107 Å². The Morgan fingerprint density at radius 2 is 1.27 bits per heavy atom. The van der Waals surface area contributed by atoms with Crippen LogP contribution in [0.3, 0.4) is 0 Å². The fourth-order valence-electron chi connectivity index (χ4n) is 4.10. The van der Waals surface area contributed by atoms with E-state index in [0.29, 0.717) is 108 Å². The van der Waals surface area contributed by atoms with E-state index in [4.69, 9.17) is 47.0 Å². The maximum Gasteiger partial charge on any atom is 0.347 e. The summed E-state index contributed by atoms with van der Waals surface area (Å²) in [4.78, 5) is 21.9. The van der Waals surface area contributed by atoms with Gasteiger partial charge in [-0.25, -0.2) is 14.8 Å². The van der Waals surface area contributed by atoms with Crippen LogP contribution in [-0.2, 0) is 33.2 Å². The Balaban J connectivity index is 1.27. The fourth-order valence-corrected chi connectivity index (χ4v) is 4.10. The van der Waals surface area contributed by atoms with E-state index in [1.165, 1.54) is 0 Å². The van der Waals surface area contributed by atoms with Crippen molar-refractivity contribution in [1.29, 1.82) is 0 Å². The molecule has 0 spiro atoms. The number of pyridine rings is 1. The molecule has 1 aromatic carbocycles. The third kappa shape index (κ3) is 13.0. The lowest BCUT2D eigenvalue weighted by Gasteiger charge is -2.13. The van der Waals surface area contributed by atoms with Gasteiger partial charge in [-0.2, -0.15) is 0 Å². The molecule has 0 aliphatic carbocycles. The van der Waals surface area contributed by atoms with Crippen LogP contribution in [-0.4, -0.2) is 117 Å². The first-order valence-electron chi connectivity index (χ1n) is 15.1. The molecule has 13 nitrogen and oxygen atoms in total. The summed E-state index contributed by atoms with van der Waals surface area (Å²) in [6, 6.07) is 7.02. The molecule has 45 heavy (non-hydrogen) atoms. The van der Waals surface area contributed by atoms with Crippen LogP contribution < -0.4 is 15.1 Å². The summed E-state index contributed by atoms with van der Waals surface area (Å²) in [5.41, 5.74) is 1.29. The van der Waals surface area contributed by atoms with E-state index in [2.05, 4.69) is 9.97 Å². The van der Waals surface area contributed by atoms with Crippen LogP contribution in [0.1, 0.15) is 25.3 Å². The van der Waals surface area contributed by atoms with Gasteiger partial charge in [-0.05, 0) is 29.7 Å². The molecule has 0 aliphatic heterocycles. The van der Waals surface area contributed by atoms with Gasteiger partial charge in [0.25, 0.3) is 0 Å². The normalized spacial score (nSPS) is 11.5. The zero-order valence-corrected chi connectivity index (χ0v) is 26.7. The minimum Gasteiger partial charge on any atom is -0.497 e. The molecule has 0 saturated heterocycles. The summed E-state index contributed by atoms with van der Waals surface area (Å²) in [6.45, 7) is 10.5. The summed E-state index contributed by atoms with van der Waals surface area (Å²) in [5, 5.41) is 0.436. The number of nitrogens with zero attached hydrogens (tertiary/aromatic N) is 2. The molecular weight excluding hydrogens is 588 g/mol. The zero-order chi connectivity index (χ0) is 32.1. The molecule has 3 aromatic rings. The van der Waals surface area contributed by atoms with Crippen molar-refractivity contribution in [1.82, 2.24) is 9.97 Å². The lowest BCUT2D eigenvalue weighted by atomic mass is 9.98.